The Bertz CT molecular complexity index is 620. The number of hydrogen-bond acceptors (Lipinski definition) is 4. The van der Waals surface area contributed by atoms with Gasteiger partial charge in [-0.3, -0.25) is 0 Å². The minimum Gasteiger partial charge on any atom is -0.493 e. The lowest BCUT2D eigenvalue weighted by molar-refractivity contribution is 0.0377. The third-order valence-corrected chi connectivity index (χ3v) is 2.98. The van der Waals surface area contributed by atoms with Crippen LogP contribution in [0.1, 0.15) is 29.8 Å². The number of ether oxygens (including phenoxy) is 3. The molecule has 22 heavy (non-hydrogen) atoms. The summed E-state index contributed by atoms with van der Waals surface area (Å²) in [7, 11) is 1.54. The lowest BCUT2D eigenvalue weighted by Gasteiger charge is -2.13. The van der Waals surface area contributed by atoms with Gasteiger partial charge in [-0.25, -0.2) is 4.79 Å². The number of carbonyl (C=O) groups excluding carboxylic acids is 1. The summed E-state index contributed by atoms with van der Waals surface area (Å²) < 4.78 is 16.2. The number of carbonyl (C=O) groups is 1. The molecule has 2 aromatic rings. The first kappa shape index (κ1) is 15.9. The normalized spacial score (nSPS) is 10.4. The molecule has 0 aliphatic rings. The fourth-order valence-electron chi connectivity index (χ4n) is 1.93. The summed E-state index contributed by atoms with van der Waals surface area (Å²) in [4.78, 5) is 11.9. The number of methoxy groups -OCH3 is 1. The lowest BCUT2D eigenvalue weighted by atomic mass is 10.2. The second-order valence-corrected chi connectivity index (χ2v) is 5.09. The average Bonchev–Trinajstić information content (AvgIpc) is 2.53. The van der Waals surface area contributed by atoms with E-state index in [1.54, 1.807) is 25.3 Å². The number of esters is 1. The number of rotatable bonds is 6. The van der Waals surface area contributed by atoms with E-state index in [1.165, 1.54) is 0 Å². The van der Waals surface area contributed by atoms with Crippen molar-refractivity contribution in [3.8, 4) is 11.5 Å². The van der Waals surface area contributed by atoms with Gasteiger partial charge in [0.15, 0.2) is 11.5 Å². The Morgan fingerprint density at radius 3 is 2.41 bits per heavy atom. The second kappa shape index (κ2) is 7.50. The van der Waals surface area contributed by atoms with Crippen molar-refractivity contribution >= 4 is 5.97 Å². The van der Waals surface area contributed by atoms with E-state index in [0.717, 1.165) is 5.56 Å². The third kappa shape index (κ3) is 4.25. The molecule has 2 rings (SSSR count). The monoisotopic (exact) mass is 300 g/mol. The molecule has 0 atom stereocenters. The minimum atomic E-state index is -0.372. The van der Waals surface area contributed by atoms with Gasteiger partial charge < -0.3 is 14.2 Å². The Kier molecular flexibility index (Phi) is 5.42. The van der Waals surface area contributed by atoms with Gasteiger partial charge in [-0.15, -0.1) is 0 Å². The van der Waals surface area contributed by atoms with Crippen molar-refractivity contribution in [3.05, 3.63) is 59.7 Å². The van der Waals surface area contributed by atoms with Crippen LogP contribution < -0.4 is 9.47 Å². The smallest absolute Gasteiger partial charge is 0.338 e. The Morgan fingerprint density at radius 2 is 1.77 bits per heavy atom. The first-order valence-corrected chi connectivity index (χ1v) is 7.16. The summed E-state index contributed by atoms with van der Waals surface area (Å²) in [6, 6.07) is 14.9. The summed E-state index contributed by atoms with van der Waals surface area (Å²) in [5, 5.41) is 0. The Labute approximate surface area is 130 Å². The van der Waals surface area contributed by atoms with E-state index in [1.807, 2.05) is 44.2 Å². The van der Waals surface area contributed by atoms with Crippen molar-refractivity contribution in [2.75, 3.05) is 7.11 Å². The van der Waals surface area contributed by atoms with Gasteiger partial charge >= 0.3 is 5.97 Å². The maximum absolute atomic E-state index is 11.9. The zero-order valence-corrected chi connectivity index (χ0v) is 13.0. The van der Waals surface area contributed by atoms with E-state index >= 15 is 0 Å². The molecule has 0 unspecified atom stereocenters. The SMILES string of the molecule is COc1cc(C(=O)OC(C)C)ccc1OCc1ccccc1. The van der Waals surface area contributed by atoms with Crippen LogP contribution in [0.3, 0.4) is 0 Å². The maximum Gasteiger partial charge on any atom is 0.338 e. The molecule has 0 saturated carbocycles. The lowest BCUT2D eigenvalue weighted by Crippen LogP contribution is -2.11. The molecular formula is C18H20O4. The van der Waals surface area contributed by atoms with E-state index in [9.17, 15) is 4.79 Å². The van der Waals surface area contributed by atoms with Gasteiger partial charge in [-0.05, 0) is 37.6 Å². The predicted molar refractivity (Wildman–Crippen MR) is 84.3 cm³/mol. The molecule has 0 spiro atoms. The third-order valence-electron chi connectivity index (χ3n) is 2.98. The van der Waals surface area contributed by atoms with Crippen LogP contribution in [-0.4, -0.2) is 19.2 Å². The molecule has 4 heteroatoms. The largest absolute Gasteiger partial charge is 0.493 e. The Morgan fingerprint density at radius 1 is 1.05 bits per heavy atom. The molecule has 4 nitrogen and oxygen atoms in total. The highest BCUT2D eigenvalue weighted by atomic mass is 16.5. The second-order valence-electron chi connectivity index (χ2n) is 5.09. The van der Waals surface area contributed by atoms with Gasteiger partial charge in [-0.2, -0.15) is 0 Å². The molecular weight excluding hydrogens is 280 g/mol. The van der Waals surface area contributed by atoms with E-state index in [0.29, 0.717) is 23.7 Å². The zero-order chi connectivity index (χ0) is 15.9. The van der Waals surface area contributed by atoms with Crippen LogP contribution in [-0.2, 0) is 11.3 Å². The quantitative estimate of drug-likeness (QED) is 0.760. The molecule has 0 fully saturated rings. The molecule has 2 aromatic carbocycles. The van der Waals surface area contributed by atoms with Crippen LogP contribution in [0.2, 0.25) is 0 Å². The summed E-state index contributed by atoms with van der Waals surface area (Å²) in [5.41, 5.74) is 1.51. The molecule has 0 radical (unpaired) electrons. The Hall–Kier alpha value is -2.49. The predicted octanol–water partition coefficient (Wildman–Crippen LogP) is 3.84. The number of hydrogen-bond donors (Lipinski definition) is 0. The van der Waals surface area contributed by atoms with Gasteiger partial charge in [-0.1, -0.05) is 30.3 Å². The Balaban J connectivity index is 2.10. The summed E-state index contributed by atoms with van der Waals surface area (Å²) in [6.07, 6.45) is -0.160. The van der Waals surface area contributed by atoms with Crippen molar-refractivity contribution in [3.63, 3.8) is 0 Å². The fraction of sp³-hybridized carbons (Fsp3) is 0.278. The topological polar surface area (TPSA) is 44.8 Å². The standard InChI is InChI=1S/C18H20O4/c1-13(2)22-18(19)15-9-10-16(17(11-15)20-3)21-12-14-7-5-4-6-8-14/h4-11,13H,12H2,1-3H3. The van der Waals surface area contributed by atoms with Crippen LogP contribution in [0.25, 0.3) is 0 Å². The van der Waals surface area contributed by atoms with Crippen LogP contribution in [0.15, 0.2) is 48.5 Å². The highest BCUT2D eigenvalue weighted by Crippen LogP contribution is 2.29. The molecule has 0 bridgehead atoms. The molecule has 0 saturated heterocycles. The zero-order valence-electron chi connectivity index (χ0n) is 13.0. The van der Waals surface area contributed by atoms with Crippen molar-refractivity contribution in [1.29, 1.82) is 0 Å². The van der Waals surface area contributed by atoms with Gasteiger partial charge in [0, 0.05) is 0 Å². The molecule has 0 aliphatic carbocycles. The van der Waals surface area contributed by atoms with Crippen LogP contribution >= 0.6 is 0 Å². The van der Waals surface area contributed by atoms with Crippen LogP contribution in [0, 0.1) is 0 Å². The highest BCUT2D eigenvalue weighted by Gasteiger charge is 2.13. The fourth-order valence-corrected chi connectivity index (χ4v) is 1.93. The molecule has 0 aliphatic heterocycles. The first-order chi connectivity index (χ1) is 10.6. The average molecular weight is 300 g/mol. The molecule has 0 N–H and O–H groups in total. The van der Waals surface area contributed by atoms with Crippen molar-refractivity contribution in [2.24, 2.45) is 0 Å². The van der Waals surface area contributed by atoms with Gasteiger partial charge in [0.2, 0.25) is 0 Å². The summed E-state index contributed by atoms with van der Waals surface area (Å²) in [6.45, 7) is 4.06. The molecule has 0 aromatic heterocycles. The van der Waals surface area contributed by atoms with Crippen LogP contribution in [0.4, 0.5) is 0 Å². The maximum atomic E-state index is 11.9. The number of benzene rings is 2. The van der Waals surface area contributed by atoms with E-state index < -0.39 is 0 Å². The van der Waals surface area contributed by atoms with E-state index in [4.69, 9.17) is 14.2 Å². The van der Waals surface area contributed by atoms with Gasteiger partial charge in [0.25, 0.3) is 0 Å². The van der Waals surface area contributed by atoms with E-state index in [-0.39, 0.29) is 12.1 Å². The van der Waals surface area contributed by atoms with Gasteiger partial charge in [0.1, 0.15) is 6.61 Å². The van der Waals surface area contributed by atoms with Crippen molar-refractivity contribution in [1.82, 2.24) is 0 Å². The van der Waals surface area contributed by atoms with E-state index in [2.05, 4.69) is 0 Å². The van der Waals surface area contributed by atoms with Crippen LogP contribution in [0.5, 0.6) is 11.5 Å². The molecule has 0 heterocycles. The minimum absolute atomic E-state index is 0.160. The highest BCUT2D eigenvalue weighted by molar-refractivity contribution is 5.90. The molecule has 116 valence electrons. The van der Waals surface area contributed by atoms with Gasteiger partial charge in [0.05, 0.1) is 18.8 Å². The summed E-state index contributed by atoms with van der Waals surface area (Å²) >= 11 is 0. The first-order valence-electron chi connectivity index (χ1n) is 7.16. The van der Waals surface area contributed by atoms with Crippen molar-refractivity contribution in [2.45, 2.75) is 26.6 Å². The summed E-state index contributed by atoms with van der Waals surface area (Å²) in [5.74, 6) is 0.726. The molecule has 0 amide bonds. The van der Waals surface area contributed by atoms with Crippen molar-refractivity contribution < 1.29 is 19.0 Å².